The lowest BCUT2D eigenvalue weighted by molar-refractivity contribution is 0.733. The van der Waals surface area contributed by atoms with Gasteiger partial charge in [0.05, 0.1) is 6.04 Å². The number of amidine groups is 1. The molecule has 0 radical (unpaired) electrons. The molecule has 2 aromatic carbocycles. The number of rotatable bonds is 1. The summed E-state index contributed by atoms with van der Waals surface area (Å²) < 4.78 is 0. The van der Waals surface area contributed by atoms with Crippen LogP contribution in [0, 0.1) is 0 Å². The van der Waals surface area contributed by atoms with Crippen molar-refractivity contribution in [1.29, 1.82) is 0 Å². The first-order valence-corrected chi connectivity index (χ1v) is 7.61. The van der Waals surface area contributed by atoms with Crippen molar-refractivity contribution in [1.82, 2.24) is 0 Å². The third-order valence-electron chi connectivity index (χ3n) is 3.32. The number of nitrogens with zero attached hydrogens (tertiary/aromatic N) is 1. The number of para-hydroxylation sites is 1. The van der Waals surface area contributed by atoms with Crippen LogP contribution < -0.4 is 5.32 Å². The van der Waals surface area contributed by atoms with Crippen LogP contribution in [0.3, 0.4) is 0 Å². The number of thioether (sulfide) groups is 1. The van der Waals surface area contributed by atoms with Gasteiger partial charge in [0.2, 0.25) is 0 Å². The molecule has 1 atom stereocenters. The average Bonchev–Trinajstić information content (AvgIpc) is 2.67. The van der Waals surface area contributed by atoms with Crippen molar-refractivity contribution in [2.45, 2.75) is 12.5 Å². The fourth-order valence-electron chi connectivity index (χ4n) is 2.33. The lowest BCUT2D eigenvalue weighted by Crippen LogP contribution is -2.07. The minimum Gasteiger partial charge on any atom is -0.335 e. The standard InChI is InChI=1S/C16H16N2S/c1-19-16-17-14-10-6-5-9-13(14)11-15(18-16)12-7-3-2-4-8-12/h2-10,15H,11H2,1H3,(H,17,18). The van der Waals surface area contributed by atoms with Gasteiger partial charge >= 0.3 is 0 Å². The van der Waals surface area contributed by atoms with Gasteiger partial charge in [-0.15, -0.1) is 0 Å². The largest absolute Gasteiger partial charge is 0.335 e. The first-order chi connectivity index (χ1) is 9.36. The van der Waals surface area contributed by atoms with Crippen LogP contribution in [0.1, 0.15) is 17.2 Å². The van der Waals surface area contributed by atoms with E-state index in [1.54, 1.807) is 11.8 Å². The molecule has 2 aromatic rings. The molecule has 0 fully saturated rings. The van der Waals surface area contributed by atoms with Crippen LogP contribution in [0.15, 0.2) is 59.6 Å². The third kappa shape index (κ3) is 2.66. The molecule has 0 saturated heterocycles. The Kier molecular flexibility index (Phi) is 3.56. The summed E-state index contributed by atoms with van der Waals surface area (Å²) in [5, 5.41) is 4.41. The molecule has 0 aromatic heterocycles. The zero-order valence-corrected chi connectivity index (χ0v) is 11.7. The van der Waals surface area contributed by atoms with E-state index in [0.29, 0.717) is 0 Å². The Morgan fingerprint density at radius 2 is 1.79 bits per heavy atom. The fourth-order valence-corrected chi connectivity index (χ4v) is 2.78. The van der Waals surface area contributed by atoms with Gasteiger partial charge < -0.3 is 5.32 Å². The van der Waals surface area contributed by atoms with Gasteiger partial charge in [0.15, 0.2) is 5.17 Å². The van der Waals surface area contributed by atoms with Gasteiger partial charge in [-0.2, -0.15) is 0 Å². The normalized spacial score (nSPS) is 17.9. The molecule has 0 spiro atoms. The molecule has 96 valence electrons. The van der Waals surface area contributed by atoms with E-state index in [2.05, 4.69) is 60.1 Å². The highest BCUT2D eigenvalue weighted by Crippen LogP contribution is 2.30. The maximum atomic E-state index is 4.85. The lowest BCUT2D eigenvalue weighted by atomic mass is 9.99. The molecular formula is C16H16N2S. The van der Waals surface area contributed by atoms with Crippen LogP contribution in [0.2, 0.25) is 0 Å². The molecule has 1 aliphatic rings. The second kappa shape index (κ2) is 5.49. The van der Waals surface area contributed by atoms with Gasteiger partial charge in [-0.1, -0.05) is 60.3 Å². The number of nitrogens with one attached hydrogen (secondary N) is 1. The van der Waals surface area contributed by atoms with E-state index < -0.39 is 0 Å². The molecule has 0 amide bonds. The summed E-state index contributed by atoms with van der Waals surface area (Å²) in [5.41, 5.74) is 3.77. The molecular weight excluding hydrogens is 252 g/mol. The molecule has 0 bridgehead atoms. The van der Waals surface area contributed by atoms with Crippen LogP contribution in [-0.2, 0) is 6.42 Å². The van der Waals surface area contributed by atoms with Crippen molar-refractivity contribution in [3.63, 3.8) is 0 Å². The number of aliphatic imine (C=N–C) groups is 1. The summed E-state index contributed by atoms with van der Waals surface area (Å²) in [6, 6.07) is 19.2. The van der Waals surface area contributed by atoms with E-state index in [1.165, 1.54) is 16.8 Å². The quantitative estimate of drug-likeness (QED) is 0.841. The van der Waals surface area contributed by atoms with Gasteiger partial charge in [0.1, 0.15) is 0 Å². The van der Waals surface area contributed by atoms with Gasteiger partial charge in [0, 0.05) is 12.1 Å². The molecule has 3 rings (SSSR count). The topological polar surface area (TPSA) is 24.4 Å². The third-order valence-corrected chi connectivity index (χ3v) is 3.92. The van der Waals surface area contributed by atoms with E-state index in [-0.39, 0.29) is 6.04 Å². The highest BCUT2D eigenvalue weighted by atomic mass is 32.2. The molecule has 0 saturated carbocycles. The van der Waals surface area contributed by atoms with E-state index in [9.17, 15) is 0 Å². The van der Waals surface area contributed by atoms with Crippen molar-refractivity contribution in [2.75, 3.05) is 11.6 Å². The smallest absolute Gasteiger partial charge is 0.161 e. The van der Waals surface area contributed by atoms with Crippen LogP contribution in [0.5, 0.6) is 0 Å². The minimum absolute atomic E-state index is 0.194. The average molecular weight is 268 g/mol. The van der Waals surface area contributed by atoms with E-state index >= 15 is 0 Å². The van der Waals surface area contributed by atoms with Crippen LogP contribution in [0.4, 0.5) is 5.69 Å². The second-order valence-electron chi connectivity index (χ2n) is 4.55. The minimum atomic E-state index is 0.194. The molecule has 1 unspecified atom stereocenters. The van der Waals surface area contributed by atoms with Crippen molar-refractivity contribution in [2.24, 2.45) is 4.99 Å². The summed E-state index contributed by atoms with van der Waals surface area (Å²) in [6.07, 6.45) is 3.00. The summed E-state index contributed by atoms with van der Waals surface area (Å²) in [4.78, 5) is 4.85. The number of benzene rings is 2. The first kappa shape index (κ1) is 12.3. The fraction of sp³-hybridized carbons (Fsp3) is 0.188. The predicted molar refractivity (Wildman–Crippen MR) is 83.9 cm³/mol. The highest BCUT2D eigenvalue weighted by Gasteiger charge is 2.18. The van der Waals surface area contributed by atoms with Gasteiger partial charge in [-0.25, -0.2) is 0 Å². The Morgan fingerprint density at radius 1 is 1.05 bits per heavy atom. The summed E-state index contributed by atoms with van der Waals surface area (Å²) >= 11 is 1.66. The molecule has 1 N–H and O–H groups in total. The molecule has 1 aliphatic heterocycles. The van der Waals surface area contributed by atoms with Crippen molar-refractivity contribution in [3.8, 4) is 0 Å². The Bertz CT molecular complexity index is 593. The van der Waals surface area contributed by atoms with Gasteiger partial charge in [-0.3, -0.25) is 4.99 Å². The number of hydrogen-bond donors (Lipinski definition) is 1. The summed E-state index contributed by atoms with van der Waals surface area (Å²) in [7, 11) is 0. The zero-order valence-electron chi connectivity index (χ0n) is 10.8. The van der Waals surface area contributed by atoms with E-state index in [0.717, 1.165) is 11.6 Å². The van der Waals surface area contributed by atoms with Crippen LogP contribution in [-0.4, -0.2) is 11.4 Å². The Morgan fingerprint density at radius 3 is 2.58 bits per heavy atom. The van der Waals surface area contributed by atoms with Crippen molar-refractivity contribution >= 4 is 22.6 Å². The molecule has 1 heterocycles. The van der Waals surface area contributed by atoms with Crippen molar-refractivity contribution in [3.05, 3.63) is 65.7 Å². The molecule has 19 heavy (non-hydrogen) atoms. The van der Waals surface area contributed by atoms with Crippen molar-refractivity contribution < 1.29 is 0 Å². The maximum Gasteiger partial charge on any atom is 0.161 e. The van der Waals surface area contributed by atoms with Gasteiger partial charge in [-0.05, 0) is 23.4 Å². The zero-order chi connectivity index (χ0) is 13.1. The van der Waals surface area contributed by atoms with Gasteiger partial charge in [0.25, 0.3) is 0 Å². The number of anilines is 1. The SMILES string of the molecule is CSC1=NC(c2ccccc2)Cc2ccccc2N1. The highest BCUT2D eigenvalue weighted by molar-refractivity contribution is 8.13. The van der Waals surface area contributed by atoms with Crippen LogP contribution >= 0.6 is 11.8 Å². The first-order valence-electron chi connectivity index (χ1n) is 6.38. The predicted octanol–water partition coefficient (Wildman–Crippen LogP) is 4.11. The lowest BCUT2D eigenvalue weighted by Gasteiger charge is -2.11. The molecule has 0 aliphatic carbocycles. The monoisotopic (exact) mass is 268 g/mol. The van der Waals surface area contributed by atoms with E-state index in [1.807, 2.05) is 6.07 Å². The number of fused-ring (bicyclic) bond motifs is 1. The summed E-state index contributed by atoms with van der Waals surface area (Å²) in [6.45, 7) is 0. The summed E-state index contributed by atoms with van der Waals surface area (Å²) in [5.74, 6) is 0. The Balaban J connectivity index is 2.02. The molecule has 2 nitrogen and oxygen atoms in total. The van der Waals surface area contributed by atoms with E-state index in [4.69, 9.17) is 4.99 Å². The second-order valence-corrected chi connectivity index (χ2v) is 5.35. The van der Waals surface area contributed by atoms with Crippen LogP contribution in [0.25, 0.3) is 0 Å². The number of hydrogen-bond acceptors (Lipinski definition) is 3. The maximum absolute atomic E-state index is 4.85. The molecule has 3 heteroatoms. The Hall–Kier alpha value is -1.74. The Labute approximate surface area is 118 Å².